The molecule has 1 atom stereocenters. The smallest absolute Gasteiger partial charge is 0.236 e. The molecule has 3 rings (SSSR count). The third-order valence-electron chi connectivity index (χ3n) is 5.45. The van der Waals surface area contributed by atoms with Crippen LogP contribution in [0.25, 0.3) is 0 Å². The van der Waals surface area contributed by atoms with Crippen LogP contribution in [0.2, 0.25) is 0 Å². The molecular formula is C17H31N3O2. The van der Waals surface area contributed by atoms with E-state index in [0.717, 1.165) is 58.3 Å². The molecule has 0 aromatic carbocycles. The fourth-order valence-electron chi connectivity index (χ4n) is 3.76. The lowest BCUT2D eigenvalue weighted by atomic mass is 9.99. The van der Waals surface area contributed by atoms with Crippen LogP contribution < -0.4 is 0 Å². The van der Waals surface area contributed by atoms with E-state index in [1.54, 1.807) is 0 Å². The molecule has 22 heavy (non-hydrogen) atoms. The maximum atomic E-state index is 12.4. The Morgan fingerprint density at radius 2 is 1.68 bits per heavy atom. The molecule has 0 aromatic heterocycles. The summed E-state index contributed by atoms with van der Waals surface area (Å²) in [6.07, 6.45) is 5.21. The lowest BCUT2D eigenvalue weighted by Crippen LogP contribution is -2.52. The number of carbonyl (C=O) groups excluding carboxylic acids is 1. The van der Waals surface area contributed by atoms with E-state index in [2.05, 4.69) is 21.6 Å². The number of piperazine rings is 1. The van der Waals surface area contributed by atoms with E-state index in [0.29, 0.717) is 18.6 Å². The maximum absolute atomic E-state index is 12.4. The minimum absolute atomic E-state index is 0.333. The minimum atomic E-state index is 0.333. The second-order valence-electron chi connectivity index (χ2n) is 7.28. The van der Waals surface area contributed by atoms with Crippen LogP contribution in [0.15, 0.2) is 0 Å². The summed E-state index contributed by atoms with van der Waals surface area (Å²) in [5, 5.41) is 0. The Bertz CT molecular complexity index is 355. The molecule has 0 bridgehead atoms. The fraction of sp³-hybridized carbons (Fsp3) is 0.941. The number of amides is 1. The van der Waals surface area contributed by atoms with Crippen molar-refractivity contribution < 1.29 is 9.53 Å². The molecule has 0 aromatic rings. The van der Waals surface area contributed by atoms with Crippen LogP contribution in [0.4, 0.5) is 0 Å². The molecule has 1 amide bonds. The second kappa shape index (κ2) is 7.75. The van der Waals surface area contributed by atoms with E-state index < -0.39 is 0 Å². The van der Waals surface area contributed by atoms with Crippen LogP contribution in [-0.4, -0.2) is 85.7 Å². The van der Waals surface area contributed by atoms with E-state index in [4.69, 9.17) is 4.74 Å². The molecule has 3 aliphatic rings. The van der Waals surface area contributed by atoms with Crippen LogP contribution in [0, 0.1) is 5.92 Å². The molecule has 5 heteroatoms. The lowest BCUT2D eigenvalue weighted by Gasteiger charge is -2.37. The molecule has 0 spiro atoms. The van der Waals surface area contributed by atoms with Crippen molar-refractivity contribution in [2.24, 2.45) is 5.92 Å². The van der Waals surface area contributed by atoms with Gasteiger partial charge in [-0.25, -0.2) is 0 Å². The highest BCUT2D eigenvalue weighted by Gasteiger charge is 2.26. The van der Waals surface area contributed by atoms with Gasteiger partial charge < -0.3 is 9.64 Å². The average molecular weight is 309 g/mol. The van der Waals surface area contributed by atoms with Gasteiger partial charge in [-0.2, -0.15) is 0 Å². The number of hydrogen-bond donors (Lipinski definition) is 0. The second-order valence-corrected chi connectivity index (χ2v) is 7.28. The van der Waals surface area contributed by atoms with E-state index in [9.17, 15) is 4.79 Å². The predicted octanol–water partition coefficient (Wildman–Crippen LogP) is 1.04. The Labute approximate surface area is 134 Å². The van der Waals surface area contributed by atoms with Gasteiger partial charge in [-0.1, -0.05) is 6.92 Å². The van der Waals surface area contributed by atoms with Gasteiger partial charge in [0.1, 0.15) is 0 Å². The van der Waals surface area contributed by atoms with Crippen LogP contribution >= 0.6 is 0 Å². The highest BCUT2D eigenvalue weighted by molar-refractivity contribution is 5.78. The van der Waals surface area contributed by atoms with E-state index in [1.807, 2.05) is 0 Å². The Morgan fingerprint density at radius 3 is 2.32 bits per heavy atom. The van der Waals surface area contributed by atoms with Gasteiger partial charge in [0.15, 0.2) is 0 Å². The highest BCUT2D eigenvalue weighted by atomic mass is 16.5. The van der Waals surface area contributed by atoms with Crippen LogP contribution in [-0.2, 0) is 9.53 Å². The van der Waals surface area contributed by atoms with Gasteiger partial charge in [-0.3, -0.25) is 14.6 Å². The minimum Gasteiger partial charge on any atom is -0.377 e. The molecule has 126 valence electrons. The van der Waals surface area contributed by atoms with Crippen molar-refractivity contribution in [2.75, 3.05) is 59.0 Å². The number of ether oxygens (including phenoxy) is 1. The molecular weight excluding hydrogens is 278 g/mol. The van der Waals surface area contributed by atoms with Gasteiger partial charge in [0, 0.05) is 52.4 Å². The molecule has 0 N–H and O–H groups in total. The van der Waals surface area contributed by atoms with Crippen molar-refractivity contribution in [3.63, 3.8) is 0 Å². The molecule has 0 radical (unpaired) electrons. The summed E-state index contributed by atoms with van der Waals surface area (Å²) in [5.41, 5.74) is 0. The van der Waals surface area contributed by atoms with Crippen molar-refractivity contribution in [3.05, 3.63) is 0 Å². The Balaban J connectivity index is 1.35. The van der Waals surface area contributed by atoms with Gasteiger partial charge in [0.25, 0.3) is 0 Å². The molecule has 3 aliphatic heterocycles. The monoisotopic (exact) mass is 309 g/mol. The number of rotatable bonds is 4. The van der Waals surface area contributed by atoms with Gasteiger partial charge in [-0.05, 0) is 31.6 Å². The van der Waals surface area contributed by atoms with Crippen molar-refractivity contribution in [3.8, 4) is 0 Å². The highest BCUT2D eigenvalue weighted by Crippen LogP contribution is 2.17. The first-order chi connectivity index (χ1) is 10.7. The van der Waals surface area contributed by atoms with Gasteiger partial charge >= 0.3 is 0 Å². The van der Waals surface area contributed by atoms with Crippen molar-refractivity contribution in [2.45, 2.75) is 38.7 Å². The zero-order valence-corrected chi connectivity index (χ0v) is 14.0. The quantitative estimate of drug-likeness (QED) is 0.777. The van der Waals surface area contributed by atoms with Crippen molar-refractivity contribution >= 4 is 5.91 Å². The van der Waals surface area contributed by atoms with Gasteiger partial charge in [-0.15, -0.1) is 0 Å². The standard InChI is InChI=1S/C17H31N3O2/c1-15-4-6-20(7-5-15)17(21)14-19-10-8-18(9-11-19)13-16-3-2-12-22-16/h15-16H,2-14H2,1H3. The zero-order valence-electron chi connectivity index (χ0n) is 14.0. The summed E-state index contributed by atoms with van der Waals surface area (Å²) in [5.74, 6) is 1.12. The Hall–Kier alpha value is -0.650. The van der Waals surface area contributed by atoms with Crippen LogP contribution in [0.5, 0.6) is 0 Å². The molecule has 5 nitrogen and oxygen atoms in total. The number of nitrogens with zero attached hydrogens (tertiary/aromatic N) is 3. The number of carbonyl (C=O) groups is 1. The molecule has 0 aliphatic carbocycles. The summed E-state index contributed by atoms with van der Waals surface area (Å²) in [6.45, 7) is 11.0. The molecule has 3 saturated heterocycles. The summed E-state index contributed by atoms with van der Waals surface area (Å²) in [7, 11) is 0. The first-order valence-corrected chi connectivity index (χ1v) is 9.05. The molecule has 1 unspecified atom stereocenters. The number of piperidine rings is 1. The SMILES string of the molecule is CC1CCN(C(=O)CN2CCN(CC3CCCO3)CC2)CC1. The molecule has 3 fully saturated rings. The first-order valence-electron chi connectivity index (χ1n) is 9.05. The van der Waals surface area contributed by atoms with Gasteiger partial charge in [0.05, 0.1) is 12.6 Å². The number of likely N-dealkylation sites (tertiary alicyclic amines) is 1. The molecule has 0 saturated carbocycles. The first kappa shape index (κ1) is 16.2. The normalized spacial score (nSPS) is 29.1. The molecule has 3 heterocycles. The fourth-order valence-corrected chi connectivity index (χ4v) is 3.76. The van der Waals surface area contributed by atoms with Gasteiger partial charge in [0.2, 0.25) is 5.91 Å². The zero-order chi connectivity index (χ0) is 15.4. The summed E-state index contributed by atoms with van der Waals surface area (Å²) in [4.78, 5) is 19.3. The van der Waals surface area contributed by atoms with Crippen molar-refractivity contribution in [1.82, 2.24) is 14.7 Å². The van der Waals surface area contributed by atoms with Crippen molar-refractivity contribution in [1.29, 1.82) is 0 Å². The van der Waals surface area contributed by atoms with Crippen LogP contribution in [0.3, 0.4) is 0 Å². The Morgan fingerprint density at radius 1 is 1.00 bits per heavy atom. The summed E-state index contributed by atoms with van der Waals surface area (Å²) < 4.78 is 5.72. The van der Waals surface area contributed by atoms with E-state index >= 15 is 0 Å². The lowest BCUT2D eigenvalue weighted by molar-refractivity contribution is -0.134. The summed E-state index contributed by atoms with van der Waals surface area (Å²) in [6, 6.07) is 0. The van der Waals surface area contributed by atoms with E-state index in [-0.39, 0.29) is 0 Å². The summed E-state index contributed by atoms with van der Waals surface area (Å²) >= 11 is 0. The predicted molar refractivity (Wildman–Crippen MR) is 86.8 cm³/mol. The third-order valence-corrected chi connectivity index (χ3v) is 5.45. The topological polar surface area (TPSA) is 36.0 Å². The number of hydrogen-bond acceptors (Lipinski definition) is 4. The Kier molecular flexibility index (Phi) is 5.71. The maximum Gasteiger partial charge on any atom is 0.236 e. The average Bonchev–Trinajstić information content (AvgIpc) is 3.03. The largest absolute Gasteiger partial charge is 0.377 e. The third kappa shape index (κ3) is 4.43. The van der Waals surface area contributed by atoms with Crippen LogP contribution in [0.1, 0.15) is 32.6 Å². The van der Waals surface area contributed by atoms with E-state index in [1.165, 1.54) is 25.7 Å².